The summed E-state index contributed by atoms with van der Waals surface area (Å²) in [5, 5.41) is 3.44. The van der Waals surface area contributed by atoms with E-state index in [0.717, 1.165) is 5.56 Å². The average Bonchev–Trinajstić information content (AvgIpc) is 3.06. The minimum atomic E-state index is -0.422. The molecule has 8 nitrogen and oxygen atoms in total. The minimum Gasteiger partial charge on any atom is -0.383 e. The Hall–Kier alpha value is -2.97. The molecule has 0 unspecified atom stereocenters. The molecule has 0 radical (unpaired) electrons. The highest BCUT2D eigenvalue weighted by molar-refractivity contribution is 6.14. The number of nitrogens with two attached hydrogens (primary N) is 1. The third-order valence-electron chi connectivity index (χ3n) is 4.53. The quantitative estimate of drug-likeness (QED) is 0.650. The third kappa shape index (κ3) is 3.83. The summed E-state index contributed by atoms with van der Waals surface area (Å²) < 4.78 is 12.3. The molecule has 1 amide bonds. The summed E-state index contributed by atoms with van der Waals surface area (Å²) >= 11 is 0. The second-order valence-corrected chi connectivity index (χ2v) is 7.20. The number of nitrogens with one attached hydrogen (secondary N) is 1. The van der Waals surface area contributed by atoms with Gasteiger partial charge in [0, 0.05) is 26.1 Å². The number of amides is 1. The third-order valence-corrected chi connectivity index (χ3v) is 4.53. The van der Waals surface area contributed by atoms with Gasteiger partial charge in [-0.1, -0.05) is 12.1 Å². The van der Waals surface area contributed by atoms with Gasteiger partial charge < -0.3 is 25.1 Å². The zero-order valence-corrected chi connectivity index (χ0v) is 16.5. The fourth-order valence-electron chi connectivity index (χ4n) is 3.19. The molecule has 0 bridgehead atoms. The molecule has 0 saturated carbocycles. The fourth-order valence-corrected chi connectivity index (χ4v) is 3.19. The predicted molar refractivity (Wildman–Crippen MR) is 108 cm³/mol. The van der Waals surface area contributed by atoms with Crippen molar-refractivity contribution in [2.75, 3.05) is 31.9 Å². The second-order valence-electron chi connectivity index (χ2n) is 7.20. The van der Waals surface area contributed by atoms with Crippen LogP contribution in [0.5, 0.6) is 0 Å². The number of hydrogen-bond acceptors (Lipinski definition) is 6. The molecule has 0 atom stereocenters. The Balaban J connectivity index is 1.99. The molecule has 0 spiro atoms. The van der Waals surface area contributed by atoms with Gasteiger partial charge in [-0.15, -0.1) is 0 Å². The van der Waals surface area contributed by atoms with Gasteiger partial charge in [0.1, 0.15) is 17.8 Å². The van der Waals surface area contributed by atoms with Gasteiger partial charge in [0.15, 0.2) is 0 Å². The molecule has 0 saturated heterocycles. The Morgan fingerprint density at radius 2 is 1.89 bits per heavy atom. The van der Waals surface area contributed by atoms with Crippen LogP contribution in [0, 0.1) is 0 Å². The van der Waals surface area contributed by atoms with Gasteiger partial charge in [0.05, 0.1) is 29.7 Å². The summed E-state index contributed by atoms with van der Waals surface area (Å²) in [6.45, 7) is 4.97. The number of anilines is 2. The lowest BCUT2D eigenvalue weighted by atomic mass is 10.1. The van der Waals surface area contributed by atoms with Crippen molar-refractivity contribution < 1.29 is 14.3 Å². The number of ether oxygens (including phenoxy) is 2. The predicted octanol–water partition coefficient (Wildman–Crippen LogP) is 2.79. The van der Waals surface area contributed by atoms with Crippen molar-refractivity contribution in [2.24, 2.45) is 0 Å². The van der Waals surface area contributed by atoms with Crippen LogP contribution >= 0.6 is 0 Å². The molecule has 3 rings (SSSR count). The molecule has 0 fully saturated rings. The van der Waals surface area contributed by atoms with E-state index in [0.29, 0.717) is 35.5 Å². The molecule has 0 aliphatic heterocycles. The van der Waals surface area contributed by atoms with Gasteiger partial charge >= 0.3 is 0 Å². The monoisotopic (exact) mass is 383 g/mol. The molecule has 1 aromatic carbocycles. The number of rotatable bonds is 7. The molecule has 2 heterocycles. The highest BCUT2D eigenvalue weighted by atomic mass is 16.5. The van der Waals surface area contributed by atoms with E-state index in [2.05, 4.69) is 15.3 Å². The number of hydrogen-bond donors (Lipinski definition) is 2. The standard InChI is InChI=1S/C20H25N5O3/c1-20(2,11-28-4)25-9-15(16-17(21)22-12-23-18(16)25)19(26)24-14-7-5-13(6-8-14)10-27-3/h5-9,12H,10-11H2,1-4H3,(H,24,26)(H2,21,22,23). The van der Waals surface area contributed by atoms with Gasteiger partial charge in [-0.2, -0.15) is 0 Å². The van der Waals surface area contributed by atoms with Crippen LogP contribution in [-0.4, -0.2) is 41.3 Å². The van der Waals surface area contributed by atoms with Gasteiger partial charge in [0.25, 0.3) is 5.91 Å². The minimum absolute atomic E-state index is 0.262. The molecular formula is C20H25N5O3. The highest BCUT2D eigenvalue weighted by Crippen LogP contribution is 2.30. The largest absolute Gasteiger partial charge is 0.383 e. The number of nitrogen functional groups attached to an aromatic ring is 1. The zero-order chi connectivity index (χ0) is 20.3. The van der Waals surface area contributed by atoms with Crippen LogP contribution in [0.2, 0.25) is 0 Å². The smallest absolute Gasteiger partial charge is 0.258 e. The normalized spacial score (nSPS) is 11.7. The van der Waals surface area contributed by atoms with E-state index in [1.165, 1.54) is 6.33 Å². The van der Waals surface area contributed by atoms with Crippen LogP contribution in [0.3, 0.4) is 0 Å². The summed E-state index contributed by atoms with van der Waals surface area (Å²) in [5.41, 5.74) is 8.37. The summed E-state index contributed by atoms with van der Waals surface area (Å²) in [6.07, 6.45) is 3.15. The Kier molecular flexibility index (Phi) is 5.62. The highest BCUT2D eigenvalue weighted by Gasteiger charge is 2.27. The lowest BCUT2D eigenvalue weighted by Gasteiger charge is -2.26. The molecule has 2 aromatic heterocycles. The Morgan fingerprint density at radius 1 is 1.18 bits per heavy atom. The van der Waals surface area contributed by atoms with E-state index >= 15 is 0 Å². The van der Waals surface area contributed by atoms with Gasteiger partial charge in [-0.25, -0.2) is 9.97 Å². The number of carbonyl (C=O) groups is 1. The van der Waals surface area contributed by atoms with Crippen LogP contribution in [0.25, 0.3) is 11.0 Å². The van der Waals surface area contributed by atoms with Gasteiger partial charge in [0.2, 0.25) is 0 Å². The van der Waals surface area contributed by atoms with E-state index in [-0.39, 0.29) is 11.7 Å². The van der Waals surface area contributed by atoms with Crippen molar-refractivity contribution in [1.29, 1.82) is 0 Å². The maximum absolute atomic E-state index is 13.0. The molecule has 3 N–H and O–H groups in total. The average molecular weight is 383 g/mol. The van der Waals surface area contributed by atoms with Crippen molar-refractivity contribution in [1.82, 2.24) is 14.5 Å². The lowest BCUT2D eigenvalue weighted by Crippen LogP contribution is -2.31. The molecule has 148 valence electrons. The summed E-state index contributed by atoms with van der Waals surface area (Å²) in [5.74, 6) is -0.0180. The molecular weight excluding hydrogens is 358 g/mol. The van der Waals surface area contributed by atoms with Crippen LogP contribution < -0.4 is 11.1 Å². The first-order chi connectivity index (χ1) is 13.4. The Bertz CT molecular complexity index is 979. The fraction of sp³-hybridized carbons (Fsp3) is 0.350. The summed E-state index contributed by atoms with van der Waals surface area (Å²) in [6, 6.07) is 7.48. The maximum Gasteiger partial charge on any atom is 0.258 e. The summed E-state index contributed by atoms with van der Waals surface area (Å²) in [7, 11) is 3.28. The number of carbonyl (C=O) groups excluding carboxylic acids is 1. The van der Waals surface area contributed by atoms with E-state index in [1.54, 1.807) is 20.4 Å². The Morgan fingerprint density at radius 3 is 2.54 bits per heavy atom. The molecule has 0 aliphatic carbocycles. The zero-order valence-electron chi connectivity index (χ0n) is 16.5. The van der Waals surface area contributed by atoms with Crippen molar-refractivity contribution >= 4 is 28.4 Å². The van der Waals surface area contributed by atoms with Gasteiger partial charge in [-0.3, -0.25) is 4.79 Å². The van der Waals surface area contributed by atoms with Crippen LogP contribution in [0.1, 0.15) is 29.8 Å². The van der Waals surface area contributed by atoms with Crippen LogP contribution in [-0.2, 0) is 21.6 Å². The van der Waals surface area contributed by atoms with E-state index in [4.69, 9.17) is 15.2 Å². The van der Waals surface area contributed by atoms with Crippen molar-refractivity contribution in [3.05, 3.63) is 47.9 Å². The first kappa shape index (κ1) is 19.8. The molecule has 28 heavy (non-hydrogen) atoms. The Labute approximate surface area is 163 Å². The lowest BCUT2D eigenvalue weighted by molar-refractivity contribution is 0.102. The SMILES string of the molecule is COCc1ccc(NC(=O)c2cn(C(C)(C)COC)c3ncnc(N)c23)cc1. The van der Waals surface area contributed by atoms with Gasteiger partial charge in [-0.05, 0) is 31.5 Å². The van der Waals surface area contributed by atoms with Crippen molar-refractivity contribution in [3.63, 3.8) is 0 Å². The van der Waals surface area contributed by atoms with E-state index < -0.39 is 5.54 Å². The molecule has 3 aromatic rings. The molecule has 0 aliphatic rings. The number of aromatic nitrogens is 3. The second kappa shape index (κ2) is 7.95. The first-order valence-corrected chi connectivity index (χ1v) is 8.87. The van der Waals surface area contributed by atoms with E-state index in [1.807, 2.05) is 42.7 Å². The van der Waals surface area contributed by atoms with Crippen molar-refractivity contribution in [2.45, 2.75) is 26.0 Å². The number of nitrogens with zero attached hydrogens (tertiary/aromatic N) is 3. The first-order valence-electron chi connectivity index (χ1n) is 8.87. The number of methoxy groups -OCH3 is 2. The van der Waals surface area contributed by atoms with Crippen molar-refractivity contribution in [3.8, 4) is 0 Å². The van der Waals surface area contributed by atoms with Crippen LogP contribution in [0.15, 0.2) is 36.8 Å². The molecule has 8 heteroatoms. The topological polar surface area (TPSA) is 104 Å². The number of benzene rings is 1. The maximum atomic E-state index is 13.0. The van der Waals surface area contributed by atoms with E-state index in [9.17, 15) is 4.79 Å². The summed E-state index contributed by atoms with van der Waals surface area (Å²) in [4.78, 5) is 21.4. The number of fused-ring (bicyclic) bond motifs is 1. The van der Waals surface area contributed by atoms with Crippen LogP contribution in [0.4, 0.5) is 11.5 Å².